The third-order valence-corrected chi connectivity index (χ3v) is 19.4. The van der Waals surface area contributed by atoms with Crippen molar-refractivity contribution in [3.05, 3.63) is 11.6 Å². The van der Waals surface area contributed by atoms with E-state index in [0.717, 1.165) is 32.1 Å². The highest BCUT2D eigenvalue weighted by Crippen LogP contribution is 2.76. The lowest BCUT2D eigenvalue weighted by molar-refractivity contribution is -0.358. The molecule has 0 amide bonds. The summed E-state index contributed by atoms with van der Waals surface area (Å²) < 4.78 is 35.4. The number of carbonyl (C=O) groups is 1. The molecule has 18 heteroatoms. The van der Waals surface area contributed by atoms with Crippen molar-refractivity contribution in [3.8, 4) is 0 Å². The Morgan fingerprint density at radius 3 is 1.95 bits per heavy atom. The van der Waals surface area contributed by atoms with Crippen LogP contribution >= 0.6 is 0 Å². The fraction of sp³-hybridized carbons (Fsp3) is 0.936. The van der Waals surface area contributed by atoms with Crippen LogP contribution in [0.2, 0.25) is 0 Å². The van der Waals surface area contributed by atoms with Crippen LogP contribution in [0.1, 0.15) is 99.3 Å². The van der Waals surface area contributed by atoms with E-state index in [1.807, 2.05) is 6.92 Å². The summed E-state index contributed by atoms with van der Waals surface area (Å²) in [6.45, 7) is 11.8. The fourth-order valence-electron chi connectivity index (χ4n) is 15.0. The van der Waals surface area contributed by atoms with Gasteiger partial charge in [-0.1, -0.05) is 53.2 Å². The molecule has 3 saturated heterocycles. The Morgan fingerprint density at radius 2 is 1.32 bits per heavy atom. The lowest BCUT2D eigenvalue weighted by atomic mass is 9.33. The number of aliphatic hydroxyl groups excluding tert-OH is 11. The van der Waals surface area contributed by atoms with Crippen LogP contribution in [0.5, 0.6) is 0 Å². The molecule has 8 aliphatic rings. The van der Waals surface area contributed by atoms with Gasteiger partial charge in [0.1, 0.15) is 67.1 Å². The molecule has 0 aromatic heterocycles. The molecule has 11 N–H and O–H groups in total. The second-order valence-corrected chi connectivity index (χ2v) is 22.3. The summed E-state index contributed by atoms with van der Waals surface area (Å²) in [6, 6.07) is 0. The molecule has 65 heavy (non-hydrogen) atoms. The first-order valence-electron chi connectivity index (χ1n) is 24.0. The minimum absolute atomic E-state index is 0.00677. The number of rotatable bonds is 9. The van der Waals surface area contributed by atoms with Crippen molar-refractivity contribution in [2.45, 2.75) is 191 Å². The van der Waals surface area contributed by atoms with Gasteiger partial charge in [0.2, 0.25) is 6.29 Å². The van der Waals surface area contributed by atoms with Gasteiger partial charge in [0.05, 0.1) is 37.9 Å². The van der Waals surface area contributed by atoms with Crippen LogP contribution < -0.4 is 0 Å². The zero-order chi connectivity index (χ0) is 47.3. The minimum Gasteiger partial charge on any atom is -0.432 e. The standard InChI is InChI=1S/C47H76O18/c1-21-9-14-47(42(59)65-41-36(57)34(55)32(53)26(18-49)62-41)16-15-45(5)23(30(47)22(21)2)7-8-28-43(3)12-11-29(44(4,20-50)27(43)10-13-46(28,45)6)63-39-37(58)38(24(51)19-60-39)64-40-35(56)33(54)31(52)25(17-48)61-40/h7,21-22,24-41,48-58H,8-20H2,1-6H3/t21-,22+,24+,25-,26-,27-,28-,29+,30+,31-,32-,33+,34+,35-,36-,37-,38+,39+,40+,41+,43+,44+,45-,46-,47+/m1/s1. The Labute approximate surface area is 380 Å². The fourth-order valence-corrected chi connectivity index (χ4v) is 15.0. The Morgan fingerprint density at radius 1 is 0.692 bits per heavy atom. The quantitative estimate of drug-likeness (QED) is 0.0797. The Bertz CT molecular complexity index is 1750. The summed E-state index contributed by atoms with van der Waals surface area (Å²) in [6.07, 6.45) is -13.2. The first kappa shape index (κ1) is 50.0. The van der Waals surface area contributed by atoms with Crippen LogP contribution in [0.4, 0.5) is 0 Å². The van der Waals surface area contributed by atoms with Crippen molar-refractivity contribution in [1.29, 1.82) is 0 Å². The Balaban J connectivity index is 1.02. The molecule has 0 aromatic carbocycles. The minimum atomic E-state index is -1.75. The van der Waals surface area contributed by atoms with Crippen molar-refractivity contribution in [1.82, 2.24) is 0 Å². The van der Waals surface area contributed by atoms with Gasteiger partial charge in [0, 0.05) is 5.41 Å². The van der Waals surface area contributed by atoms with Crippen LogP contribution in [0.3, 0.4) is 0 Å². The van der Waals surface area contributed by atoms with Gasteiger partial charge in [-0.25, -0.2) is 0 Å². The van der Waals surface area contributed by atoms with E-state index in [-0.39, 0.29) is 53.1 Å². The van der Waals surface area contributed by atoms with Crippen LogP contribution in [-0.4, -0.2) is 181 Å². The molecule has 7 fully saturated rings. The number of allylic oxidation sites excluding steroid dienone is 2. The first-order valence-corrected chi connectivity index (χ1v) is 24.0. The van der Waals surface area contributed by atoms with E-state index >= 15 is 0 Å². The molecule has 372 valence electrons. The molecule has 8 rings (SSSR count). The van der Waals surface area contributed by atoms with E-state index in [4.69, 9.17) is 28.4 Å². The van der Waals surface area contributed by atoms with E-state index < -0.39 is 122 Å². The summed E-state index contributed by atoms with van der Waals surface area (Å²) >= 11 is 0. The second-order valence-electron chi connectivity index (χ2n) is 22.3. The highest BCUT2D eigenvalue weighted by Gasteiger charge is 2.71. The van der Waals surface area contributed by atoms with E-state index in [1.54, 1.807) is 0 Å². The van der Waals surface area contributed by atoms with Gasteiger partial charge in [-0.2, -0.15) is 0 Å². The lowest BCUT2D eigenvalue weighted by Crippen LogP contribution is -2.67. The molecule has 0 bridgehead atoms. The topological polar surface area (TPSA) is 295 Å². The number of aliphatic hydroxyl groups is 11. The summed E-state index contributed by atoms with van der Waals surface area (Å²) in [7, 11) is 0. The second kappa shape index (κ2) is 18.1. The van der Waals surface area contributed by atoms with Gasteiger partial charge < -0.3 is 84.6 Å². The van der Waals surface area contributed by atoms with E-state index in [0.29, 0.717) is 31.6 Å². The predicted octanol–water partition coefficient (Wildman–Crippen LogP) is -0.392. The average molecular weight is 929 g/mol. The number of carbonyl (C=O) groups excluding carboxylic acids is 1. The monoisotopic (exact) mass is 929 g/mol. The molecular formula is C47H76O18. The third kappa shape index (κ3) is 7.62. The highest BCUT2D eigenvalue weighted by atomic mass is 16.7. The Kier molecular flexibility index (Phi) is 13.9. The van der Waals surface area contributed by atoms with Crippen LogP contribution in [0.25, 0.3) is 0 Å². The third-order valence-electron chi connectivity index (χ3n) is 19.4. The number of esters is 1. The molecular weight excluding hydrogens is 852 g/mol. The van der Waals surface area contributed by atoms with Crippen molar-refractivity contribution < 1.29 is 89.4 Å². The van der Waals surface area contributed by atoms with Gasteiger partial charge in [-0.15, -0.1) is 0 Å². The van der Waals surface area contributed by atoms with Gasteiger partial charge in [-0.3, -0.25) is 4.79 Å². The van der Waals surface area contributed by atoms with Gasteiger partial charge in [-0.05, 0) is 104 Å². The molecule has 0 aromatic rings. The van der Waals surface area contributed by atoms with Crippen molar-refractivity contribution in [3.63, 3.8) is 0 Å². The zero-order valence-electron chi connectivity index (χ0n) is 38.6. The van der Waals surface area contributed by atoms with Crippen LogP contribution in [-0.2, 0) is 33.2 Å². The average Bonchev–Trinajstić information content (AvgIpc) is 3.28. The number of ether oxygens (including phenoxy) is 6. The maximum atomic E-state index is 14.7. The molecule has 3 heterocycles. The van der Waals surface area contributed by atoms with Crippen LogP contribution in [0.15, 0.2) is 11.6 Å². The molecule has 0 unspecified atom stereocenters. The molecule has 25 atom stereocenters. The number of hydrogen-bond acceptors (Lipinski definition) is 18. The molecule has 5 aliphatic carbocycles. The lowest BCUT2D eigenvalue weighted by Gasteiger charge is -2.71. The van der Waals surface area contributed by atoms with Crippen LogP contribution in [0, 0.1) is 56.7 Å². The zero-order valence-corrected chi connectivity index (χ0v) is 38.6. The maximum Gasteiger partial charge on any atom is 0.315 e. The van der Waals surface area contributed by atoms with Crippen molar-refractivity contribution >= 4 is 5.97 Å². The smallest absolute Gasteiger partial charge is 0.315 e. The SMILES string of the molecule is C[C@H]1[C@H](C)CC[C@]2(C(=O)O[C@@H]3O[C@H](CO)[C@@H](O)[C@H](O)[C@H]3O)CC[C@]3(C)C(=CC[C@@H]4[C@@]5(C)CC[C@H](O[C@@H]6OC[C@H](O)[C@H](O[C@@H]7O[C@H](CO)[C@@H](O)[C@H](O)[C@H]7O)[C@H]6O)[C@@](C)(CO)[C@@H]5CC[C@]43C)[C@H]12. The largest absolute Gasteiger partial charge is 0.432 e. The molecule has 0 radical (unpaired) electrons. The summed E-state index contributed by atoms with van der Waals surface area (Å²) in [5.41, 5.74) is -1.18. The molecule has 18 nitrogen and oxygen atoms in total. The van der Waals surface area contributed by atoms with Crippen molar-refractivity contribution in [2.75, 3.05) is 26.4 Å². The van der Waals surface area contributed by atoms with Gasteiger partial charge >= 0.3 is 5.97 Å². The van der Waals surface area contributed by atoms with E-state index in [1.165, 1.54) is 5.57 Å². The summed E-state index contributed by atoms with van der Waals surface area (Å²) in [5.74, 6) is -0.0292. The molecule has 4 saturated carbocycles. The highest BCUT2D eigenvalue weighted by molar-refractivity contribution is 5.79. The molecule has 0 spiro atoms. The van der Waals surface area contributed by atoms with Gasteiger partial charge in [0.25, 0.3) is 0 Å². The predicted molar refractivity (Wildman–Crippen MR) is 226 cm³/mol. The first-order chi connectivity index (χ1) is 30.6. The normalized spacial score (nSPS) is 55.7. The van der Waals surface area contributed by atoms with E-state index in [9.17, 15) is 61.0 Å². The number of hydrogen-bond donors (Lipinski definition) is 11. The summed E-state index contributed by atoms with van der Waals surface area (Å²) in [4.78, 5) is 14.7. The summed E-state index contributed by atoms with van der Waals surface area (Å²) in [5, 5.41) is 116. The van der Waals surface area contributed by atoms with Gasteiger partial charge in [0.15, 0.2) is 12.6 Å². The molecule has 3 aliphatic heterocycles. The van der Waals surface area contributed by atoms with Crippen molar-refractivity contribution in [2.24, 2.45) is 56.7 Å². The van der Waals surface area contributed by atoms with E-state index in [2.05, 4.69) is 40.7 Å². The number of fused-ring (bicyclic) bond motifs is 7. The Hall–Kier alpha value is -1.43. The maximum absolute atomic E-state index is 14.7.